The average Bonchev–Trinajstić information content (AvgIpc) is 2.77. The lowest BCUT2D eigenvalue weighted by atomic mass is 10.1. The summed E-state index contributed by atoms with van der Waals surface area (Å²) in [6, 6.07) is 16.2. The molecule has 0 unspecified atom stereocenters. The summed E-state index contributed by atoms with van der Waals surface area (Å²) in [5.41, 5.74) is 6.16. The highest BCUT2D eigenvalue weighted by Crippen LogP contribution is 2.20. The number of hydrogen-bond acceptors (Lipinski definition) is 5. The smallest absolute Gasteiger partial charge is 0.225 e. The number of aliphatic imine (C=N–C) groups is 1. The molecular formula is C21H24N6O. The second-order valence-corrected chi connectivity index (χ2v) is 6.62. The molecule has 0 aliphatic carbocycles. The van der Waals surface area contributed by atoms with E-state index in [1.54, 1.807) is 12.4 Å². The van der Waals surface area contributed by atoms with Crippen molar-refractivity contribution < 1.29 is 4.74 Å². The number of piperazine rings is 1. The topological polar surface area (TPSA) is 79.9 Å². The van der Waals surface area contributed by atoms with Gasteiger partial charge in [-0.15, -0.1) is 0 Å². The van der Waals surface area contributed by atoms with E-state index in [1.807, 2.05) is 30.3 Å². The Morgan fingerprint density at radius 2 is 1.71 bits per heavy atom. The van der Waals surface area contributed by atoms with Gasteiger partial charge in [0, 0.05) is 38.6 Å². The van der Waals surface area contributed by atoms with Crippen LogP contribution in [0.3, 0.4) is 0 Å². The summed E-state index contributed by atoms with van der Waals surface area (Å²) in [5.74, 6) is 2.18. The summed E-state index contributed by atoms with van der Waals surface area (Å²) in [5, 5.41) is 2.38. The maximum atomic E-state index is 6.16. The summed E-state index contributed by atoms with van der Waals surface area (Å²) >= 11 is 0. The van der Waals surface area contributed by atoms with Gasteiger partial charge in [-0.25, -0.2) is 15.0 Å². The molecule has 1 aliphatic rings. The van der Waals surface area contributed by atoms with E-state index in [1.165, 1.54) is 10.8 Å². The SMILES string of the molecule is NC(=NCCOc1ccc2ccccc2c1)N1CCN(c2ncccn2)CC1. The lowest BCUT2D eigenvalue weighted by molar-refractivity contribution is 0.326. The van der Waals surface area contributed by atoms with E-state index in [0.717, 1.165) is 37.9 Å². The van der Waals surface area contributed by atoms with Crippen LogP contribution < -0.4 is 15.4 Å². The standard InChI is InChI=1S/C21H24N6O/c22-20(26-11-13-27(14-12-26)21-24-8-3-9-25-21)23-10-15-28-19-7-6-17-4-1-2-5-18(17)16-19/h1-9,16H,10-15H2,(H2,22,23). The third kappa shape index (κ3) is 4.31. The molecule has 0 radical (unpaired) electrons. The predicted octanol–water partition coefficient (Wildman–Crippen LogP) is 2.15. The van der Waals surface area contributed by atoms with Gasteiger partial charge in [-0.2, -0.15) is 0 Å². The summed E-state index contributed by atoms with van der Waals surface area (Å²) in [4.78, 5) is 17.3. The number of aromatic nitrogens is 2. The Morgan fingerprint density at radius 1 is 0.964 bits per heavy atom. The minimum atomic E-state index is 0.497. The van der Waals surface area contributed by atoms with Crippen molar-refractivity contribution in [3.8, 4) is 5.75 Å². The molecule has 1 aromatic heterocycles. The Kier molecular flexibility index (Phi) is 5.51. The fourth-order valence-corrected chi connectivity index (χ4v) is 3.27. The van der Waals surface area contributed by atoms with Crippen LogP contribution in [0.2, 0.25) is 0 Å². The number of nitrogens with two attached hydrogens (primary N) is 1. The molecule has 1 saturated heterocycles. The number of guanidine groups is 1. The number of fused-ring (bicyclic) bond motifs is 1. The normalized spacial score (nSPS) is 15.1. The Hall–Kier alpha value is -3.35. The quantitative estimate of drug-likeness (QED) is 0.418. The van der Waals surface area contributed by atoms with E-state index in [-0.39, 0.29) is 0 Å². The first kappa shape index (κ1) is 18.0. The molecule has 28 heavy (non-hydrogen) atoms. The van der Waals surface area contributed by atoms with Crippen LogP contribution in [0.4, 0.5) is 5.95 Å². The summed E-state index contributed by atoms with van der Waals surface area (Å²) < 4.78 is 5.82. The average molecular weight is 376 g/mol. The van der Waals surface area contributed by atoms with Crippen molar-refractivity contribution in [3.63, 3.8) is 0 Å². The molecule has 2 aromatic carbocycles. The zero-order valence-corrected chi connectivity index (χ0v) is 15.7. The van der Waals surface area contributed by atoms with Gasteiger partial charge in [-0.1, -0.05) is 30.3 Å². The molecular weight excluding hydrogens is 352 g/mol. The lowest BCUT2D eigenvalue weighted by Gasteiger charge is -2.35. The van der Waals surface area contributed by atoms with Gasteiger partial charge >= 0.3 is 0 Å². The van der Waals surface area contributed by atoms with E-state index in [4.69, 9.17) is 10.5 Å². The Balaban J connectivity index is 1.24. The van der Waals surface area contributed by atoms with Crippen molar-refractivity contribution in [1.29, 1.82) is 0 Å². The largest absolute Gasteiger partial charge is 0.492 e. The molecule has 0 saturated carbocycles. The number of anilines is 1. The van der Waals surface area contributed by atoms with Crippen LogP contribution in [-0.2, 0) is 0 Å². The van der Waals surface area contributed by atoms with Crippen molar-refractivity contribution in [2.75, 3.05) is 44.2 Å². The van der Waals surface area contributed by atoms with E-state index in [0.29, 0.717) is 19.1 Å². The molecule has 1 aliphatic heterocycles. The second kappa shape index (κ2) is 8.56. The van der Waals surface area contributed by atoms with Crippen LogP contribution in [0.5, 0.6) is 5.75 Å². The van der Waals surface area contributed by atoms with E-state index in [9.17, 15) is 0 Å². The fraction of sp³-hybridized carbons (Fsp3) is 0.286. The maximum Gasteiger partial charge on any atom is 0.225 e. The number of nitrogens with zero attached hydrogens (tertiary/aromatic N) is 5. The molecule has 144 valence electrons. The molecule has 2 N–H and O–H groups in total. The molecule has 7 heteroatoms. The molecule has 7 nitrogen and oxygen atoms in total. The fourth-order valence-electron chi connectivity index (χ4n) is 3.27. The number of ether oxygens (including phenoxy) is 1. The maximum absolute atomic E-state index is 6.16. The number of hydrogen-bond donors (Lipinski definition) is 1. The third-order valence-electron chi connectivity index (χ3n) is 4.79. The zero-order valence-electron chi connectivity index (χ0n) is 15.7. The highest BCUT2D eigenvalue weighted by atomic mass is 16.5. The first-order valence-corrected chi connectivity index (χ1v) is 9.48. The van der Waals surface area contributed by atoms with Crippen molar-refractivity contribution in [2.45, 2.75) is 0 Å². The predicted molar refractivity (Wildman–Crippen MR) is 112 cm³/mol. The van der Waals surface area contributed by atoms with Gasteiger partial charge in [0.25, 0.3) is 0 Å². The van der Waals surface area contributed by atoms with Crippen LogP contribution in [0.15, 0.2) is 65.9 Å². The second-order valence-electron chi connectivity index (χ2n) is 6.62. The van der Waals surface area contributed by atoms with Crippen LogP contribution >= 0.6 is 0 Å². The Morgan fingerprint density at radius 3 is 2.50 bits per heavy atom. The molecule has 0 atom stereocenters. The molecule has 1 fully saturated rings. The van der Waals surface area contributed by atoms with Crippen LogP contribution in [0, 0.1) is 0 Å². The first-order chi connectivity index (χ1) is 13.8. The minimum absolute atomic E-state index is 0.497. The van der Waals surface area contributed by atoms with Crippen molar-refractivity contribution >= 4 is 22.7 Å². The highest BCUT2D eigenvalue weighted by Gasteiger charge is 2.19. The third-order valence-corrected chi connectivity index (χ3v) is 4.79. The van der Waals surface area contributed by atoms with Gasteiger partial charge in [0.2, 0.25) is 5.95 Å². The van der Waals surface area contributed by atoms with E-state index >= 15 is 0 Å². The molecule has 2 heterocycles. The number of rotatable bonds is 5. The lowest BCUT2D eigenvalue weighted by Crippen LogP contribution is -2.51. The van der Waals surface area contributed by atoms with Gasteiger partial charge in [-0.3, -0.25) is 0 Å². The van der Waals surface area contributed by atoms with Crippen LogP contribution in [-0.4, -0.2) is 60.2 Å². The van der Waals surface area contributed by atoms with Gasteiger partial charge in [0.15, 0.2) is 5.96 Å². The van der Waals surface area contributed by atoms with Crippen molar-refractivity contribution in [1.82, 2.24) is 14.9 Å². The molecule has 4 rings (SSSR count). The van der Waals surface area contributed by atoms with Gasteiger partial charge in [0.1, 0.15) is 12.4 Å². The summed E-state index contributed by atoms with van der Waals surface area (Å²) in [7, 11) is 0. The van der Waals surface area contributed by atoms with E-state index in [2.05, 4.69) is 43.0 Å². The zero-order chi connectivity index (χ0) is 19.2. The van der Waals surface area contributed by atoms with Gasteiger partial charge in [-0.05, 0) is 29.0 Å². The van der Waals surface area contributed by atoms with Crippen LogP contribution in [0.25, 0.3) is 10.8 Å². The molecule has 0 amide bonds. The summed E-state index contributed by atoms with van der Waals surface area (Å²) in [6.45, 7) is 4.29. The van der Waals surface area contributed by atoms with E-state index < -0.39 is 0 Å². The monoisotopic (exact) mass is 376 g/mol. The van der Waals surface area contributed by atoms with Gasteiger partial charge < -0.3 is 20.3 Å². The molecule has 3 aromatic rings. The molecule has 0 bridgehead atoms. The van der Waals surface area contributed by atoms with Crippen molar-refractivity contribution in [3.05, 3.63) is 60.9 Å². The Labute approximate surface area is 164 Å². The Bertz CT molecular complexity index is 938. The summed E-state index contributed by atoms with van der Waals surface area (Å²) in [6.07, 6.45) is 3.53. The highest BCUT2D eigenvalue weighted by molar-refractivity contribution is 5.83. The molecule has 0 spiro atoms. The van der Waals surface area contributed by atoms with Crippen LogP contribution in [0.1, 0.15) is 0 Å². The number of benzene rings is 2. The van der Waals surface area contributed by atoms with Gasteiger partial charge in [0.05, 0.1) is 6.54 Å². The van der Waals surface area contributed by atoms with Crippen molar-refractivity contribution in [2.24, 2.45) is 10.7 Å². The minimum Gasteiger partial charge on any atom is -0.492 e. The first-order valence-electron chi connectivity index (χ1n) is 9.48.